The van der Waals surface area contributed by atoms with Gasteiger partial charge >= 0.3 is 0 Å². The van der Waals surface area contributed by atoms with Crippen LogP contribution in [0.1, 0.15) is 0 Å². The van der Waals surface area contributed by atoms with Gasteiger partial charge in [-0.1, -0.05) is 23.2 Å². The van der Waals surface area contributed by atoms with Gasteiger partial charge < -0.3 is 0 Å². The van der Waals surface area contributed by atoms with E-state index in [2.05, 4.69) is 0 Å². The van der Waals surface area contributed by atoms with Crippen LogP contribution in [0.25, 0.3) is 0 Å². The summed E-state index contributed by atoms with van der Waals surface area (Å²) in [5.74, 6) is 0. The van der Waals surface area contributed by atoms with Gasteiger partial charge in [0.15, 0.2) is 0 Å². The fourth-order valence-corrected chi connectivity index (χ4v) is 0.980. The van der Waals surface area contributed by atoms with E-state index in [-0.39, 0.29) is 0 Å². The van der Waals surface area contributed by atoms with Crippen LogP contribution in [0.3, 0.4) is 0 Å². The molecule has 0 bridgehead atoms. The first kappa shape index (κ1) is 11.8. The molecule has 0 amide bonds. The summed E-state index contributed by atoms with van der Waals surface area (Å²) in [6.07, 6.45) is 0. The van der Waals surface area contributed by atoms with Gasteiger partial charge in [0, 0.05) is 0 Å². The third-order valence-corrected chi connectivity index (χ3v) is 3.13. The molecular formula is C4HCl5O2. The quantitative estimate of drug-likeness (QED) is 0.575. The first-order chi connectivity index (χ1) is 4.80. The molecule has 1 atom stereocenters. The predicted octanol–water partition coefficient (Wildman–Crippen LogP) is 2.30. The van der Waals surface area contributed by atoms with Gasteiger partial charge in [-0.25, -0.2) is 0 Å². The van der Waals surface area contributed by atoms with Crippen molar-refractivity contribution in [3.05, 3.63) is 0 Å². The molecule has 64 valence electrons. The van der Waals surface area contributed by atoms with Gasteiger partial charge in [0.2, 0.25) is 9.58 Å². The third kappa shape index (κ3) is 2.96. The van der Waals surface area contributed by atoms with Gasteiger partial charge in [-0.15, -0.1) is 11.6 Å². The van der Waals surface area contributed by atoms with Crippen molar-refractivity contribution in [1.29, 1.82) is 0 Å². The van der Waals surface area contributed by atoms with Gasteiger partial charge in [0.1, 0.15) is 5.38 Å². The summed E-state index contributed by atoms with van der Waals surface area (Å²) >= 11 is 25.6. The molecular weight excluding hydrogens is 257 g/mol. The molecule has 0 rings (SSSR count). The highest BCUT2D eigenvalue weighted by Crippen LogP contribution is 2.33. The molecule has 0 saturated carbocycles. The van der Waals surface area contributed by atoms with Crippen molar-refractivity contribution in [1.82, 2.24) is 0 Å². The highest BCUT2D eigenvalue weighted by Gasteiger charge is 2.44. The zero-order chi connectivity index (χ0) is 9.23. The lowest BCUT2D eigenvalue weighted by Gasteiger charge is -2.16. The maximum absolute atomic E-state index is 10.4. The maximum Gasteiger partial charge on any atom is 0.259 e. The van der Waals surface area contributed by atoms with Gasteiger partial charge in [-0.2, -0.15) is 0 Å². The molecule has 0 aromatic rings. The van der Waals surface area contributed by atoms with E-state index in [1.165, 1.54) is 0 Å². The molecule has 0 N–H and O–H groups in total. The van der Waals surface area contributed by atoms with Crippen LogP contribution in [0.5, 0.6) is 0 Å². The van der Waals surface area contributed by atoms with Crippen molar-refractivity contribution in [3.8, 4) is 0 Å². The molecule has 0 saturated heterocycles. The predicted molar refractivity (Wildman–Crippen MR) is 45.8 cm³/mol. The Morgan fingerprint density at radius 3 is 1.64 bits per heavy atom. The number of carbonyl (C=O) groups excluding carboxylic acids is 2. The van der Waals surface area contributed by atoms with E-state index in [0.29, 0.717) is 0 Å². The zero-order valence-electron chi connectivity index (χ0n) is 4.78. The van der Waals surface area contributed by atoms with Crippen LogP contribution in [0.4, 0.5) is 0 Å². The van der Waals surface area contributed by atoms with Gasteiger partial charge in [0.05, 0.1) is 0 Å². The topological polar surface area (TPSA) is 34.1 Å². The van der Waals surface area contributed by atoms with E-state index in [4.69, 9.17) is 58.0 Å². The molecule has 11 heavy (non-hydrogen) atoms. The van der Waals surface area contributed by atoms with E-state index >= 15 is 0 Å². The number of carbonyl (C=O) groups is 2. The first-order valence-corrected chi connectivity index (χ1v) is 4.16. The number of hydrogen-bond acceptors (Lipinski definition) is 2. The molecule has 0 aliphatic rings. The maximum atomic E-state index is 10.4. The lowest BCUT2D eigenvalue weighted by Crippen LogP contribution is -2.36. The average molecular weight is 258 g/mol. The summed E-state index contributed by atoms with van der Waals surface area (Å²) in [5.41, 5.74) is 0. The van der Waals surface area contributed by atoms with Gasteiger partial charge in [-0.3, -0.25) is 9.59 Å². The summed E-state index contributed by atoms with van der Waals surface area (Å²) < 4.78 is -2.16. The molecule has 0 radical (unpaired) electrons. The van der Waals surface area contributed by atoms with E-state index in [1.807, 2.05) is 0 Å². The largest absolute Gasteiger partial charge is 0.279 e. The molecule has 0 aliphatic carbocycles. The van der Waals surface area contributed by atoms with Crippen molar-refractivity contribution >= 4 is 68.5 Å². The second-order valence-corrected chi connectivity index (χ2v) is 4.10. The van der Waals surface area contributed by atoms with Crippen LogP contribution >= 0.6 is 58.0 Å². The number of hydrogen-bond donors (Lipinski definition) is 0. The molecule has 0 aliphatic heterocycles. The smallest absolute Gasteiger partial charge is 0.259 e. The normalized spacial score (nSPS) is 14.3. The van der Waals surface area contributed by atoms with E-state index in [9.17, 15) is 9.59 Å². The molecule has 0 aromatic carbocycles. The van der Waals surface area contributed by atoms with Crippen molar-refractivity contribution in [2.24, 2.45) is 0 Å². The molecule has 0 heterocycles. The average Bonchev–Trinajstić information content (AvgIpc) is 1.85. The Bertz CT molecular complexity index is 189. The summed E-state index contributed by atoms with van der Waals surface area (Å²) in [6.45, 7) is 0. The highest BCUT2D eigenvalue weighted by atomic mass is 35.5. The Morgan fingerprint density at radius 2 is 1.55 bits per heavy atom. The van der Waals surface area contributed by atoms with Gasteiger partial charge in [0.25, 0.3) is 5.24 Å². The van der Waals surface area contributed by atoms with Crippen molar-refractivity contribution in [2.75, 3.05) is 0 Å². The Morgan fingerprint density at radius 1 is 1.18 bits per heavy atom. The monoisotopic (exact) mass is 256 g/mol. The SMILES string of the molecule is O=C(Cl)C(Cl)C(Cl)(Cl)C(=O)Cl. The van der Waals surface area contributed by atoms with Crippen LogP contribution < -0.4 is 0 Å². The second-order valence-electron chi connectivity index (χ2n) is 1.56. The van der Waals surface area contributed by atoms with Crippen LogP contribution in [-0.4, -0.2) is 20.2 Å². The molecule has 0 aromatic heterocycles. The van der Waals surface area contributed by atoms with Crippen LogP contribution in [-0.2, 0) is 9.59 Å². The Hall–Kier alpha value is 0.790. The van der Waals surface area contributed by atoms with E-state index in [1.54, 1.807) is 0 Å². The lowest BCUT2D eigenvalue weighted by molar-refractivity contribution is -0.116. The van der Waals surface area contributed by atoms with Crippen LogP contribution in [0.15, 0.2) is 0 Å². The summed E-state index contributed by atoms with van der Waals surface area (Å²) in [4.78, 5) is 20.8. The Labute approximate surface area is 87.7 Å². The standard InChI is InChI=1S/C4HCl5O2/c5-1(2(6)10)4(8,9)3(7)11/h1H. The molecule has 1 unspecified atom stereocenters. The zero-order valence-corrected chi connectivity index (χ0v) is 8.56. The molecule has 7 heteroatoms. The van der Waals surface area contributed by atoms with E-state index in [0.717, 1.165) is 0 Å². The Kier molecular flexibility index (Phi) is 4.45. The number of rotatable bonds is 3. The lowest BCUT2D eigenvalue weighted by atomic mass is 10.3. The minimum absolute atomic E-state index is 1.04. The van der Waals surface area contributed by atoms with Crippen LogP contribution in [0, 0.1) is 0 Å². The van der Waals surface area contributed by atoms with E-state index < -0.39 is 20.2 Å². The summed E-state index contributed by atoms with van der Waals surface area (Å²) in [6, 6.07) is 0. The fourth-order valence-electron chi connectivity index (χ4n) is 0.242. The molecule has 2 nitrogen and oxygen atoms in total. The van der Waals surface area contributed by atoms with Crippen molar-refractivity contribution in [2.45, 2.75) is 9.71 Å². The van der Waals surface area contributed by atoms with Crippen molar-refractivity contribution < 1.29 is 9.59 Å². The fraction of sp³-hybridized carbons (Fsp3) is 0.500. The molecule has 0 spiro atoms. The highest BCUT2D eigenvalue weighted by molar-refractivity contribution is 6.83. The number of alkyl halides is 3. The second kappa shape index (κ2) is 4.15. The third-order valence-electron chi connectivity index (χ3n) is 0.780. The van der Waals surface area contributed by atoms with Crippen molar-refractivity contribution in [3.63, 3.8) is 0 Å². The van der Waals surface area contributed by atoms with Crippen LogP contribution in [0.2, 0.25) is 0 Å². The Balaban J connectivity index is 4.55. The van der Waals surface area contributed by atoms with Gasteiger partial charge in [-0.05, 0) is 23.2 Å². The minimum atomic E-state index is -2.16. The summed E-state index contributed by atoms with van der Waals surface area (Å²) in [5, 5.41) is -3.72. The minimum Gasteiger partial charge on any atom is -0.279 e. The molecule has 0 fully saturated rings. The number of halogens is 5. The first-order valence-electron chi connectivity index (χ1n) is 2.21. The summed E-state index contributed by atoms with van der Waals surface area (Å²) in [7, 11) is 0.